The number of hydrogen-bond acceptors (Lipinski definition) is 2. The Bertz CT molecular complexity index is 694. The lowest BCUT2D eigenvalue weighted by Crippen LogP contribution is -2.05. The molecule has 0 bridgehead atoms. The summed E-state index contributed by atoms with van der Waals surface area (Å²) in [6.07, 6.45) is 0. The Balaban J connectivity index is 2.62. The fraction of sp³-hybridized carbons (Fsp3) is 0.0769. The van der Waals surface area contributed by atoms with Gasteiger partial charge in [0, 0.05) is 6.07 Å². The Hall–Kier alpha value is -1.75. The third kappa shape index (κ3) is 2.26. The molecule has 5 heteroatoms. The van der Waals surface area contributed by atoms with E-state index in [2.05, 4.69) is 6.07 Å². The molecule has 2 rings (SSSR count). The average molecular weight is 267 g/mol. The summed E-state index contributed by atoms with van der Waals surface area (Å²) in [5.74, 6) is -1.56. The van der Waals surface area contributed by atoms with Crippen LogP contribution in [0.2, 0.25) is 0 Å². The molecule has 18 heavy (non-hydrogen) atoms. The van der Waals surface area contributed by atoms with Crippen LogP contribution in [-0.4, -0.2) is 8.42 Å². The van der Waals surface area contributed by atoms with Crippen molar-refractivity contribution in [3.8, 4) is 0 Å². The zero-order chi connectivity index (χ0) is 13.3. The molecule has 0 atom stereocenters. The van der Waals surface area contributed by atoms with Crippen molar-refractivity contribution in [3.63, 3.8) is 0 Å². The van der Waals surface area contributed by atoms with Gasteiger partial charge in [0.05, 0.1) is 4.90 Å². The minimum atomic E-state index is -4.08. The summed E-state index contributed by atoms with van der Waals surface area (Å²) in [4.78, 5) is -0.861. The number of halogens is 2. The molecule has 0 aliphatic carbocycles. The zero-order valence-corrected chi connectivity index (χ0v) is 10.3. The second kappa shape index (κ2) is 4.49. The molecule has 2 aromatic carbocycles. The van der Waals surface area contributed by atoms with Gasteiger partial charge in [-0.1, -0.05) is 12.1 Å². The van der Waals surface area contributed by atoms with Crippen molar-refractivity contribution >= 4 is 9.84 Å². The number of hydrogen-bond donors (Lipinski definition) is 0. The third-order valence-corrected chi connectivity index (χ3v) is 4.13. The molecule has 0 saturated heterocycles. The molecule has 0 N–H and O–H groups in total. The van der Waals surface area contributed by atoms with Crippen molar-refractivity contribution in [2.45, 2.75) is 16.7 Å². The number of sulfone groups is 1. The molecule has 0 fully saturated rings. The van der Waals surface area contributed by atoms with Crippen LogP contribution >= 0.6 is 0 Å². The summed E-state index contributed by atoms with van der Waals surface area (Å²) in [5, 5.41) is 0. The van der Waals surface area contributed by atoms with Gasteiger partial charge in [0.2, 0.25) is 9.84 Å². The molecule has 0 unspecified atom stereocenters. The molecular weight excluding hydrogens is 258 g/mol. The van der Waals surface area contributed by atoms with Crippen LogP contribution in [0.25, 0.3) is 0 Å². The second-order valence-corrected chi connectivity index (χ2v) is 5.69. The number of rotatable bonds is 2. The fourth-order valence-corrected chi connectivity index (χ4v) is 2.81. The lowest BCUT2D eigenvalue weighted by atomic mass is 10.2. The predicted octanol–water partition coefficient (Wildman–Crippen LogP) is 2.91. The fourth-order valence-electron chi connectivity index (χ4n) is 1.52. The maximum absolute atomic E-state index is 13.6. The van der Waals surface area contributed by atoms with Gasteiger partial charge in [0.15, 0.2) is 0 Å². The standard InChI is InChI=1S/C13H9F2O2S/c1-9-5-6-13(12(15)7-9)18(16,17)11-4-2-3-10(14)8-11/h2-3,5-8H,1H3. The Kier molecular flexibility index (Phi) is 3.17. The van der Waals surface area contributed by atoms with Crippen LogP contribution < -0.4 is 0 Å². The second-order valence-electron chi connectivity index (χ2n) is 3.81. The SMILES string of the molecule is Cc1ccc(S(=O)(=O)c2[c]ccc(F)c2)c(F)c1. The molecule has 0 aliphatic rings. The van der Waals surface area contributed by atoms with Crippen LogP contribution in [0.15, 0.2) is 46.2 Å². The quantitative estimate of drug-likeness (QED) is 0.838. The van der Waals surface area contributed by atoms with Crippen molar-refractivity contribution in [1.82, 2.24) is 0 Å². The maximum Gasteiger partial charge on any atom is 0.210 e. The molecular formula is C13H9F2O2S. The summed E-state index contributed by atoms with van der Waals surface area (Å²) in [5.41, 5.74) is 0.606. The zero-order valence-electron chi connectivity index (χ0n) is 9.44. The van der Waals surface area contributed by atoms with E-state index in [0.717, 1.165) is 24.3 Å². The van der Waals surface area contributed by atoms with E-state index in [1.165, 1.54) is 12.1 Å². The van der Waals surface area contributed by atoms with Crippen molar-refractivity contribution < 1.29 is 17.2 Å². The number of aryl methyl sites for hydroxylation is 1. The molecule has 2 aromatic rings. The van der Waals surface area contributed by atoms with E-state index in [0.29, 0.717) is 5.56 Å². The highest BCUT2D eigenvalue weighted by molar-refractivity contribution is 7.91. The van der Waals surface area contributed by atoms with Crippen LogP contribution in [0, 0.1) is 24.6 Å². The molecule has 0 amide bonds. The molecule has 0 aliphatic heterocycles. The lowest BCUT2D eigenvalue weighted by molar-refractivity contribution is 0.564. The van der Waals surface area contributed by atoms with Gasteiger partial charge in [-0.25, -0.2) is 17.2 Å². The monoisotopic (exact) mass is 267 g/mol. The Morgan fingerprint density at radius 1 is 1.11 bits per heavy atom. The van der Waals surface area contributed by atoms with E-state index in [-0.39, 0.29) is 4.90 Å². The van der Waals surface area contributed by atoms with Gasteiger partial charge in [-0.3, -0.25) is 0 Å². The van der Waals surface area contributed by atoms with E-state index < -0.39 is 26.4 Å². The first-order valence-electron chi connectivity index (χ1n) is 5.10. The smallest absolute Gasteiger partial charge is 0.210 e. The average Bonchev–Trinajstić information content (AvgIpc) is 2.28. The molecule has 0 spiro atoms. The largest absolute Gasteiger partial charge is 0.218 e. The summed E-state index contributed by atoms with van der Waals surface area (Å²) >= 11 is 0. The first-order valence-corrected chi connectivity index (χ1v) is 6.58. The summed E-state index contributed by atoms with van der Waals surface area (Å²) < 4.78 is 50.8. The van der Waals surface area contributed by atoms with Gasteiger partial charge in [0.1, 0.15) is 16.5 Å². The predicted molar refractivity (Wildman–Crippen MR) is 61.8 cm³/mol. The van der Waals surface area contributed by atoms with E-state index in [4.69, 9.17) is 0 Å². The maximum atomic E-state index is 13.6. The highest BCUT2D eigenvalue weighted by Gasteiger charge is 2.22. The van der Waals surface area contributed by atoms with E-state index >= 15 is 0 Å². The molecule has 0 saturated carbocycles. The van der Waals surface area contributed by atoms with Crippen molar-refractivity contribution in [3.05, 3.63) is 59.7 Å². The Morgan fingerprint density at radius 3 is 2.44 bits per heavy atom. The van der Waals surface area contributed by atoms with Gasteiger partial charge >= 0.3 is 0 Å². The summed E-state index contributed by atoms with van der Waals surface area (Å²) in [6, 6.07) is 9.19. The summed E-state index contributed by atoms with van der Waals surface area (Å²) in [7, 11) is -4.08. The Morgan fingerprint density at radius 2 is 1.83 bits per heavy atom. The Labute approximate surface area is 104 Å². The molecule has 93 valence electrons. The van der Waals surface area contributed by atoms with Crippen LogP contribution in [0.1, 0.15) is 5.56 Å². The van der Waals surface area contributed by atoms with Gasteiger partial charge < -0.3 is 0 Å². The van der Waals surface area contributed by atoms with Crippen molar-refractivity contribution in [2.75, 3.05) is 0 Å². The van der Waals surface area contributed by atoms with Crippen LogP contribution in [0.3, 0.4) is 0 Å². The highest BCUT2D eigenvalue weighted by atomic mass is 32.2. The van der Waals surface area contributed by atoms with Crippen molar-refractivity contribution in [2.24, 2.45) is 0 Å². The van der Waals surface area contributed by atoms with Crippen molar-refractivity contribution in [1.29, 1.82) is 0 Å². The molecule has 0 aromatic heterocycles. The first kappa shape index (κ1) is 12.7. The van der Waals surface area contributed by atoms with Crippen LogP contribution in [0.5, 0.6) is 0 Å². The minimum Gasteiger partial charge on any atom is -0.218 e. The van der Waals surface area contributed by atoms with Gasteiger partial charge in [-0.15, -0.1) is 0 Å². The van der Waals surface area contributed by atoms with Gasteiger partial charge in [0.25, 0.3) is 0 Å². The third-order valence-electron chi connectivity index (χ3n) is 2.40. The van der Waals surface area contributed by atoms with Crippen LogP contribution in [0.4, 0.5) is 8.78 Å². The van der Waals surface area contributed by atoms with Gasteiger partial charge in [-0.2, -0.15) is 0 Å². The van der Waals surface area contributed by atoms with Crippen LogP contribution in [-0.2, 0) is 9.84 Å². The van der Waals surface area contributed by atoms with E-state index in [1.807, 2.05) is 0 Å². The number of benzene rings is 2. The topological polar surface area (TPSA) is 34.1 Å². The normalized spacial score (nSPS) is 11.5. The van der Waals surface area contributed by atoms with E-state index in [9.17, 15) is 17.2 Å². The van der Waals surface area contributed by atoms with Gasteiger partial charge in [-0.05, 0) is 36.8 Å². The first-order chi connectivity index (χ1) is 8.41. The molecule has 2 nitrogen and oxygen atoms in total. The highest BCUT2D eigenvalue weighted by Crippen LogP contribution is 2.24. The summed E-state index contributed by atoms with van der Waals surface area (Å²) in [6.45, 7) is 1.65. The molecule has 0 heterocycles. The minimum absolute atomic E-state index is 0.384. The van der Waals surface area contributed by atoms with E-state index in [1.54, 1.807) is 6.92 Å². The lowest BCUT2D eigenvalue weighted by Gasteiger charge is -2.06. The molecule has 1 radical (unpaired) electrons.